The van der Waals surface area contributed by atoms with E-state index in [-0.39, 0.29) is 16.6 Å². The van der Waals surface area contributed by atoms with Crippen molar-refractivity contribution in [3.05, 3.63) is 28.3 Å². The molecule has 0 saturated heterocycles. The number of thioether (sulfide) groups is 1. The zero-order valence-corrected chi connectivity index (χ0v) is 12.6. The molecule has 4 N–H and O–H groups in total. The van der Waals surface area contributed by atoms with Gasteiger partial charge in [-0.15, -0.1) is 0 Å². The predicted molar refractivity (Wildman–Crippen MR) is 79.1 cm³/mol. The highest BCUT2D eigenvalue weighted by Gasteiger charge is 2.22. The fourth-order valence-electron chi connectivity index (χ4n) is 1.57. The molecule has 1 atom stereocenters. The molecule has 0 aliphatic heterocycles. The molecule has 0 fully saturated rings. The predicted octanol–water partition coefficient (Wildman–Crippen LogP) is 0.910. The number of anilines is 1. The fraction of sp³-hybridized carbons (Fsp3) is 0.400. The van der Waals surface area contributed by atoms with Crippen LogP contribution in [-0.2, 0) is 10.0 Å². The van der Waals surface area contributed by atoms with E-state index >= 15 is 0 Å². The summed E-state index contributed by atoms with van der Waals surface area (Å²) in [6.45, 7) is 1.72. The minimum atomic E-state index is -3.80. The Bertz CT molecular complexity index is 591. The number of hydrazine groups is 1. The number of nitrogens with zero attached hydrogens (tertiary/aromatic N) is 1. The Balaban J connectivity index is 3.13. The summed E-state index contributed by atoms with van der Waals surface area (Å²) in [5, 5.41) is 10.9. The standard InChI is InChI=1S/C10H16N4O4S2/c1-7(6-19-2)13-20(17,18)8-3-4-9(12-11)10(5-8)14(15)16/h3-5,7,12-13H,6,11H2,1-2H3. The number of rotatable bonds is 7. The molecule has 0 amide bonds. The lowest BCUT2D eigenvalue weighted by Gasteiger charge is -2.13. The van der Waals surface area contributed by atoms with Crippen molar-refractivity contribution < 1.29 is 13.3 Å². The van der Waals surface area contributed by atoms with Crippen LogP contribution in [0.15, 0.2) is 23.1 Å². The number of nitro groups is 1. The van der Waals surface area contributed by atoms with Crippen molar-refractivity contribution >= 4 is 33.2 Å². The van der Waals surface area contributed by atoms with Gasteiger partial charge in [0.2, 0.25) is 10.0 Å². The molecule has 10 heteroatoms. The van der Waals surface area contributed by atoms with Gasteiger partial charge in [0.05, 0.1) is 9.82 Å². The van der Waals surface area contributed by atoms with E-state index in [2.05, 4.69) is 10.1 Å². The largest absolute Gasteiger partial charge is 0.318 e. The van der Waals surface area contributed by atoms with Crippen molar-refractivity contribution in [3.8, 4) is 0 Å². The molecular formula is C10H16N4O4S2. The summed E-state index contributed by atoms with van der Waals surface area (Å²) in [7, 11) is -3.80. The van der Waals surface area contributed by atoms with Gasteiger partial charge in [0, 0.05) is 17.9 Å². The molecule has 1 aromatic carbocycles. The maximum absolute atomic E-state index is 12.1. The van der Waals surface area contributed by atoms with E-state index < -0.39 is 20.6 Å². The fourth-order valence-corrected chi connectivity index (χ4v) is 3.52. The number of sulfonamides is 1. The van der Waals surface area contributed by atoms with E-state index in [9.17, 15) is 18.5 Å². The number of nitro benzene ring substituents is 1. The molecule has 0 bridgehead atoms. The summed E-state index contributed by atoms with van der Waals surface area (Å²) in [4.78, 5) is 10.0. The Hall–Kier alpha value is -1.36. The van der Waals surface area contributed by atoms with Crippen LogP contribution in [0.4, 0.5) is 11.4 Å². The van der Waals surface area contributed by atoms with Gasteiger partial charge in [0.25, 0.3) is 5.69 Å². The third-order valence-electron chi connectivity index (χ3n) is 2.40. The van der Waals surface area contributed by atoms with Crippen LogP contribution >= 0.6 is 11.8 Å². The summed E-state index contributed by atoms with van der Waals surface area (Å²) in [5.41, 5.74) is 1.81. The topological polar surface area (TPSA) is 127 Å². The van der Waals surface area contributed by atoms with E-state index in [1.807, 2.05) is 6.26 Å². The van der Waals surface area contributed by atoms with E-state index in [0.29, 0.717) is 5.75 Å². The number of nitrogens with one attached hydrogen (secondary N) is 2. The van der Waals surface area contributed by atoms with Crippen molar-refractivity contribution in [2.45, 2.75) is 17.9 Å². The Kier molecular flexibility index (Phi) is 5.74. The van der Waals surface area contributed by atoms with Crippen LogP contribution in [0.1, 0.15) is 6.92 Å². The Morgan fingerprint density at radius 1 is 1.50 bits per heavy atom. The van der Waals surface area contributed by atoms with Gasteiger partial charge in [-0.1, -0.05) is 0 Å². The molecule has 20 heavy (non-hydrogen) atoms. The number of hydrogen-bond acceptors (Lipinski definition) is 7. The maximum atomic E-state index is 12.1. The van der Waals surface area contributed by atoms with Gasteiger partial charge in [-0.25, -0.2) is 13.1 Å². The van der Waals surface area contributed by atoms with Gasteiger partial charge in [0.15, 0.2) is 0 Å². The summed E-state index contributed by atoms with van der Waals surface area (Å²) in [6, 6.07) is 3.22. The minimum Gasteiger partial charge on any atom is -0.318 e. The zero-order chi connectivity index (χ0) is 15.3. The van der Waals surface area contributed by atoms with Crippen molar-refractivity contribution in [2.75, 3.05) is 17.4 Å². The van der Waals surface area contributed by atoms with E-state index in [1.54, 1.807) is 6.92 Å². The molecule has 0 spiro atoms. The molecule has 8 nitrogen and oxygen atoms in total. The second kappa shape index (κ2) is 6.88. The Morgan fingerprint density at radius 3 is 2.65 bits per heavy atom. The Labute approximate surface area is 121 Å². The number of benzene rings is 1. The molecule has 112 valence electrons. The first kappa shape index (κ1) is 16.7. The van der Waals surface area contributed by atoms with Crippen LogP contribution in [0.3, 0.4) is 0 Å². The summed E-state index contributed by atoms with van der Waals surface area (Å²) in [5.74, 6) is 5.75. The van der Waals surface area contributed by atoms with Crippen LogP contribution in [-0.4, -0.2) is 31.4 Å². The van der Waals surface area contributed by atoms with Crippen LogP contribution < -0.4 is 16.0 Å². The van der Waals surface area contributed by atoms with Gasteiger partial charge in [0.1, 0.15) is 5.69 Å². The molecule has 0 aromatic heterocycles. The number of nitrogen functional groups attached to an aromatic ring is 1. The van der Waals surface area contributed by atoms with Crippen molar-refractivity contribution in [1.82, 2.24) is 4.72 Å². The van der Waals surface area contributed by atoms with E-state index in [1.165, 1.54) is 23.9 Å². The van der Waals surface area contributed by atoms with Crippen molar-refractivity contribution in [3.63, 3.8) is 0 Å². The van der Waals surface area contributed by atoms with Crippen LogP contribution in [0.2, 0.25) is 0 Å². The first-order chi connectivity index (χ1) is 9.31. The Morgan fingerprint density at radius 2 is 2.15 bits per heavy atom. The molecule has 1 aromatic rings. The first-order valence-corrected chi connectivity index (χ1v) is 8.46. The summed E-state index contributed by atoms with van der Waals surface area (Å²) in [6.07, 6.45) is 1.86. The molecule has 0 radical (unpaired) electrons. The monoisotopic (exact) mass is 320 g/mol. The van der Waals surface area contributed by atoms with E-state index in [4.69, 9.17) is 5.84 Å². The van der Waals surface area contributed by atoms with Gasteiger partial charge < -0.3 is 5.43 Å². The average Bonchev–Trinajstić information content (AvgIpc) is 2.37. The molecule has 0 aliphatic carbocycles. The molecule has 0 aliphatic rings. The lowest BCUT2D eigenvalue weighted by atomic mass is 10.3. The SMILES string of the molecule is CSCC(C)NS(=O)(=O)c1ccc(NN)c([N+](=O)[O-])c1. The van der Waals surface area contributed by atoms with Gasteiger partial charge in [-0.05, 0) is 25.3 Å². The highest BCUT2D eigenvalue weighted by molar-refractivity contribution is 7.98. The number of hydrogen-bond donors (Lipinski definition) is 3. The van der Waals surface area contributed by atoms with Gasteiger partial charge in [-0.2, -0.15) is 11.8 Å². The van der Waals surface area contributed by atoms with E-state index in [0.717, 1.165) is 6.07 Å². The maximum Gasteiger partial charge on any atom is 0.294 e. The third-order valence-corrected chi connectivity index (χ3v) is 4.83. The molecule has 0 saturated carbocycles. The van der Waals surface area contributed by atoms with Gasteiger partial charge >= 0.3 is 0 Å². The second-order valence-electron chi connectivity index (χ2n) is 4.06. The highest BCUT2D eigenvalue weighted by atomic mass is 32.2. The van der Waals surface area contributed by atoms with Crippen molar-refractivity contribution in [2.24, 2.45) is 5.84 Å². The first-order valence-electron chi connectivity index (χ1n) is 5.58. The molecular weight excluding hydrogens is 304 g/mol. The lowest BCUT2D eigenvalue weighted by Crippen LogP contribution is -2.34. The molecule has 0 heterocycles. The highest BCUT2D eigenvalue weighted by Crippen LogP contribution is 2.26. The molecule has 1 unspecified atom stereocenters. The minimum absolute atomic E-state index is 0.0473. The second-order valence-corrected chi connectivity index (χ2v) is 6.68. The van der Waals surface area contributed by atoms with Gasteiger partial charge in [-0.3, -0.25) is 16.0 Å². The third kappa shape index (κ3) is 4.07. The van der Waals surface area contributed by atoms with Crippen LogP contribution in [0, 0.1) is 10.1 Å². The summed E-state index contributed by atoms with van der Waals surface area (Å²) >= 11 is 1.50. The van der Waals surface area contributed by atoms with Crippen LogP contribution in [0.5, 0.6) is 0 Å². The van der Waals surface area contributed by atoms with Crippen LogP contribution in [0.25, 0.3) is 0 Å². The summed E-state index contributed by atoms with van der Waals surface area (Å²) < 4.78 is 26.6. The molecule has 1 rings (SSSR count). The zero-order valence-electron chi connectivity index (χ0n) is 11.0. The smallest absolute Gasteiger partial charge is 0.294 e. The quantitative estimate of drug-likeness (QED) is 0.387. The lowest BCUT2D eigenvalue weighted by molar-refractivity contribution is -0.384. The number of nitrogens with two attached hydrogens (primary N) is 1. The average molecular weight is 320 g/mol. The van der Waals surface area contributed by atoms with Crippen molar-refractivity contribution in [1.29, 1.82) is 0 Å². The normalized spacial score (nSPS) is 12.9.